The second-order valence-electron chi connectivity index (χ2n) is 3.36. The first-order chi connectivity index (χ1) is 7.75. The quantitative estimate of drug-likeness (QED) is 0.471. The molecular weight excluding hydrogens is 204 g/mol. The molecule has 0 amide bonds. The molecule has 0 radical (unpaired) electrons. The first-order valence-electron chi connectivity index (χ1n) is 5.32. The Morgan fingerprint density at radius 3 is 2.88 bits per heavy atom. The normalized spacial score (nSPS) is 10.6. The van der Waals surface area contributed by atoms with Gasteiger partial charge in [0.25, 0.3) is 0 Å². The van der Waals surface area contributed by atoms with Gasteiger partial charge in [-0.1, -0.05) is 24.3 Å². The number of benzene rings is 1. The van der Waals surface area contributed by atoms with Crippen molar-refractivity contribution >= 4 is 5.97 Å². The molecule has 0 fully saturated rings. The fourth-order valence-corrected chi connectivity index (χ4v) is 1.26. The Balaban J connectivity index is 2.38. The van der Waals surface area contributed by atoms with Crippen molar-refractivity contribution in [2.24, 2.45) is 0 Å². The number of ether oxygens (including phenoxy) is 1. The standard InChI is InChI=1S/C13H16O3/c1-2-3-4-7-10-16-13(15)11-8-5-6-9-12(11)14/h2-3,5-6,8-9,14H,4,7,10H2,1H3/b3-2-. The van der Waals surface area contributed by atoms with Gasteiger partial charge in [-0.3, -0.25) is 0 Å². The molecule has 0 aliphatic heterocycles. The van der Waals surface area contributed by atoms with Crippen molar-refractivity contribution < 1.29 is 14.6 Å². The van der Waals surface area contributed by atoms with Crippen LogP contribution >= 0.6 is 0 Å². The minimum Gasteiger partial charge on any atom is -0.507 e. The lowest BCUT2D eigenvalue weighted by molar-refractivity contribution is 0.0498. The van der Waals surface area contributed by atoms with Crippen molar-refractivity contribution in [3.8, 4) is 5.75 Å². The molecule has 0 aliphatic rings. The van der Waals surface area contributed by atoms with E-state index < -0.39 is 5.97 Å². The second kappa shape index (κ2) is 6.67. The van der Waals surface area contributed by atoms with E-state index in [4.69, 9.17) is 4.74 Å². The van der Waals surface area contributed by atoms with Gasteiger partial charge >= 0.3 is 5.97 Å². The smallest absolute Gasteiger partial charge is 0.341 e. The van der Waals surface area contributed by atoms with Gasteiger partial charge in [0.2, 0.25) is 0 Å². The molecule has 1 aromatic rings. The fourth-order valence-electron chi connectivity index (χ4n) is 1.26. The van der Waals surface area contributed by atoms with Crippen LogP contribution in [0.5, 0.6) is 5.75 Å². The van der Waals surface area contributed by atoms with Crippen molar-refractivity contribution in [2.75, 3.05) is 6.61 Å². The lowest BCUT2D eigenvalue weighted by Gasteiger charge is -2.04. The van der Waals surface area contributed by atoms with Gasteiger partial charge in [-0.05, 0) is 31.9 Å². The van der Waals surface area contributed by atoms with E-state index >= 15 is 0 Å². The Bertz CT molecular complexity index is 369. The second-order valence-corrected chi connectivity index (χ2v) is 3.36. The zero-order valence-electron chi connectivity index (χ0n) is 9.35. The SMILES string of the molecule is C/C=C\CCCOC(=O)c1ccccc1O. The van der Waals surface area contributed by atoms with Gasteiger partial charge < -0.3 is 9.84 Å². The van der Waals surface area contributed by atoms with E-state index in [0.717, 1.165) is 12.8 Å². The van der Waals surface area contributed by atoms with E-state index in [1.165, 1.54) is 6.07 Å². The number of rotatable bonds is 5. The minimum atomic E-state index is -0.474. The summed E-state index contributed by atoms with van der Waals surface area (Å²) in [6.07, 6.45) is 5.67. The highest BCUT2D eigenvalue weighted by atomic mass is 16.5. The molecular formula is C13H16O3. The summed E-state index contributed by atoms with van der Waals surface area (Å²) in [5, 5.41) is 9.41. The summed E-state index contributed by atoms with van der Waals surface area (Å²) >= 11 is 0. The third-order valence-corrected chi connectivity index (χ3v) is 2.11. The summed E-state index contributed by atoms with van der Waals surface area (Å²) in [6.45, 7) is 2.32. The number of hydrogen-bond acceptors (Lipinski definition) is 3. The summed E-state index contributed by atoms with van der Waals surface area (Å²) in [5.74, 6) is -0.514. The molecule has 3 nitrogen and oxygen atoms in total. The maximum Gasteiger partial charge on any atom is 0.341 e. The number of carbonyl (C=O) groups is 1. The number of para-hydroxylation sites is 1. The van der Waals surface area contributed by atoms with Crippen LogP contribution in [0, 0.1) is 0 Å². The molecule has 0 aliphatic carbocycles. The van der Waals surface area contributed by atoms with Gasteiger partial charge in [-0.25, -0.2) is 4.79 Å². The highest BCUT2D eigenvalue weighted by Gasteiger charge is 2.10. The van der Waals surface area contributed by atoms with Gasteiger partial charge in [-0.15, -0.1) is 0 Å². The Hall–Kier alpha value is -1.77. The molecule has 0 spiro atoms. The van der Waals surface area contributed by atoms with Crippen LogP contribution in [0.25, 0.3) is 0 Å². The third kappa shape index (κ3) is 3.77. The van der Waals surface area contributed by atoms with Gasteiger partial charge in [0.1, 0.15) is 11.3 Å². The minimum absolute atomic E-state index is 0.0408. The van der Waals surface area contributed by atoms with Crippen LogP contribution in [0.3, 0.4) is 0 Å². The average Bonchev–Trinajstić information content (AvgIpc) is 2.29. The van der Waals surface area contributed by atoms with Crippen molar-refractivity contribution in [3.05, 3.63) is 42.0 Å². The van der Waals surface area contributed by atoms with E-state index in [-0.39, 0.29) is 11.3 Å². The fraction of sp³-hybridized carbons (Fsp3) is 0.308. The van der Waals surface area contributed by atoms with Gasteiger partial charge in [0.05, 0.1) is 6.61 Å². The Kier molecular flexibility index (Phi) is 5.12. The molecule has 1 rings (SSSR count). The van der Waals surface area contributed by atoms with Crippen LogP contribution in [-0.2, 0) is 4.74 Å². The number of allylic oxidation sites excluding steroid dienone is 2. The average molecular weight is 220 g/mol. The maximum absolute atomic E-state index is 11.5. The predicted octanol–water partition coefficient (Wildman–Crippen LogP) is 2.91. The largest absolute Gasteiger partial charge is 0.507 e. The summed E-state index contributed by atoms with van der Waals surface area (Å²) in [7, 11) is 0. The van der Waals surface area contributed by atoms with E-state index in [1.54, 1.807) is 18.2 Å². The lowest BCUT2D eigenvalue weighted by atomic mass is 10.2. The molecule has 0 atom stereocenters. The van der Waals surface area contributed by atoms with E-state index in [0.29, 0.717) is 6.61 Å². The summed E-state index contributed by atoms with van der Waals surface area (Å²) in [6, 6.07) is 6.37. The Morgan fingerprint density at radius 1 is 1.44 bits per heavy atom. The monoisotopic (exact) mass is 220 g/mol. The molecule has 3 heteroatoms. The van der Waals surface area contributed by atoms with E-state index in [2.05, 4.69) is 0 Å². The number of phenols is 1. The summed E-state index contributed by atoms with van der Waals surface area (Å²) < 4.78 is 5.02. The van der Waals surface area contributed by atoms with Gasteiger partial charge in [0, 0.05) is 0 Å². The highest BCUT2D eigenvalue weighted by molar-refractivity contribution is 5.92. The molecule has 1 aromatic carbocycles. The zero-order chi connectivity index (χ0) is 11.8. The molecule has 0 aromatic heterocycles. The van der Waals surface area contributed by atoms with Crippen LogP contribution in [0.15, 0.2) is 36.4 Å². The molecule has 0 unspecified atom stereocenters. The first kappa shape index (κ1) is 12.3. The Morgan fingerprint density at radius 2 is 2.19 bits per heavy atom. The number of phenolic OH excluding ortho intramolecular Hbond substituents is 1. The van der Waals surface area contributed by atoms with E-state index in [1.807, 2.05) is 19.1 Å². The van der Waals surface area contributed by atoms with Crippen molar-refractivity contribution in [1.82, 2.24) is 0 Å². The topological polar surface area (TPSA) is 46.5 Å². The van der Waals surface area contributed by atoms with Gasteiger partial charge in [0.15, 0.2) is 0 Å². The number of esters is 1. The molecule has 86 valence electrons. The van der Waals surface area contributed by atoms with Crippen molar-refractivity contribution in [1.29, 1.82) is 0 Å². The number of hydrogen-bond donors (Lipinski definition) is 1. The molecule has 0 saturated heterocycles. The van der Waals surface area contributed by atoms with Crippen molar-refractivity contribution in [3.63, 3.8) is 0 Å². The van der Waals surface area contributed by atoms with Gasteiger partial charge in [-0.2, -0.15) is 0 Å². The van der Waals surface area contributed by atoms with Crippen molar-refractivity contribution in [2.45, 2.75) is 19.8 Å². The molecule has 0 heterocycles. The molecule has 16 heavy (non-hydrogen) atoms. The van der Waals surface area contributed by atoms with Crippen LogP contribution in [-0.4, -0.2) is 17.7 Å². The number of carbonyl (C=O) groups excluding carboxylic acids is 1. The maximum atomic E-state index is 11.5. The van der Waals surface area contributed by atoms with Crippen LogP contribution in [0.4, 0.5) is 0 Å². The van der Waals surface area contributed by atoms with E-state index in [9.17, 15) is 9.90 Å². The van der Waals surface area contributed by atoms with Crippen LogP contribution < -0.4 is 0 Å². The Labute approximate surface area is 95.4 Å². The third-order valence-electron chi connectivity index (χ3n) is 2.11. The highest BCUT2D eigenvalue weighted by Crippen LogP contribution is 2.16. The molecule has 0 bridgehead atoms. The van der Waals surface area contributed by atoms with Crippen LogP contribution in [0.2, 0.25) is 0 Å². The number of aromatic hydroxyl groups is 1. The number of unbranched alkanes of at least 4 members (excludes halogenated alkanes) is 1. The summed E-state index contributed by atoms with van der Waals surface area (Å²) in [4.78, 5) is 11.5. The first-order valence-corrected chi connectivity index (χ1v) is 5.32. The van der Waals surface area contributed by atoms with Crippen LogP contribution in [0.1, 0.15) is 30.1 Å². The summed E-state index contributed by atoms with van der Waals surface area (Å²) in [5.41, 5.74) is 0.216. The molecule has 1 N–H and O–H groups in total. The lowest BCUT2D eigenvalue weighted by Crippen LogP contribution is -2.06. The predicted molar refractivity (Wildman–Crippen MR) is 62.4 cm³/mol. The molecule has 0 saturated carbocycles. The zero-order valence-corrected chi connectivity index (χ0v) is 9.35.